The Morgan fingerprint density at radius 2 is 1.90 bits per heavy atom. The van der Waals surface area contributed by atoms with Crippen LogP contribution in [0.25, 0.3) is 22.0 Å². The van der Waals surface area contributed by atoms with Gasteiger partial charge in [-0.05, 0) is 40.8 Å². The van der Waals surface area contributed by atoms with E-state index in [1.165, 1.54) is 11.8 Å². The van der Waals surface area contributed by atoms with E-state index >= 15 is 0 Å². The Kier molecular flexibility index (Phi) is 5.80. The van der Waals surface area contributed by atoms with Crippen LogP contribution in [0.4, 0.5) is 0 Å². The van der Waals surface area contributed by atoms with Crippen molar-refractivity contribution >= 4 is 22.9 Å². The molecule has 4 rings (SSSR count). The first-order chi connectivity index (χ1) is 15.0. The van der Waals surface area contributed by atoms with Gasteiger partial charge in [-0.25, -0.2) is 5.43 Å². The number of hydrogen-bond acceptors (Lipinski definition) is 4. The highest BCUT2D eigenvalue weighted by atomic mass is 16.3. The maximum Gasteiger partial charge on any atom is 0.289 e. The topological polar surface area (TPSA) is 90.4 Å². The number of aromatic amines is 1. The van der Waals surface area contributed by atoms with E-state index in [4.69, 9.17) is 0 Å². The molecule has 0 fully saturated rings. The van der Waals surface area contributed by atoms with Crippen LogP contribution in [-0.2, 0) is 6.42 Å². The molecule has 1 amide bonds. The third-order valence-electron chi connectivity index (χ3n) is 5.02. The minimum Gasteiger partial charge on any atom is -0.507 e. The fourth-order valence-electron chi connectivity index (χ4n) is 3.50. The summed E-state index contributed by atoms with van der Waals surface area (Å²) in [5.74, 6) is 0.287. The van der Waals surface area contributed by atoms with Gasteiger partial charge in [0.1, 0.15) is 11.4 Å². The predicted octanol–water partition coefficient (Wildman–Crippen LogP) is 4.90. The van der Waals surface area contributed by atoms with Gasteiger partial charge in [-0.2, -0.15) is 10.2 Å². The first kappa shape index (κ1) is 20.3. The zero-order valence-corrected chi connectivity index (χ0v) is 17.5. The number of aromatic nitrogens is 2. The molecule has 0 radical (unpaired) electrons. The maximum absolute atomic E-state index is 12.4. The highest BCUT2D eigenvalue weighted by Gasteiger charge is 2.11. The number of rotatable bonds is 6. The average Bonchev–Trinajstić information content (AvgIpc) is 3.26. The summed E-state index contributed by atoms with van der Waals surface area (Å²) in [6, 6.07) is 21.0. The molecule has 0 saturated carbocycles. The Balaban J connectivity index is 1.46. The third-order valence-corrected chi connectivity index (χ3v) is 5.02. The smallest absolute Gasteiger partial charge is 0.289 e. The summed E-state index contributed by atoms with van der Waals surface area (Å²) in [5, 5.41) is 23.0. The number of fused-ring (bicyclic) bond motifs is 1. The summed E-state index contributed by atoms with van der Waals surface area (Å²) in [7, 11) is 0. The van der Waals surface area contributed by atoms with Gasteiger partial charge in [0.05, 0.1) is 11.9 Å². The van der Waals surface area contributed by atoms with Crippen molar-refractivity contribution in [3.63, 3.8) is 0 Å². The summed E-state index contributed by atoms with van der Waals surface area (Å²) in [5.41, 5.74) is 6.24. The van der Waals surface area contributed by atoms with E-state index in [9.17, 15) is 9.90 Å². The molecule has 0 unspecified atom stereocenters. The van der Waals surface area contributed by atoms with E-state index in [1.54, 1.807) is 12.1 Å². The summed E-state index contributed by atoms with van der Waals surface area (Å²) in [4.78, 5) is 12.4. The number of phenolic OH excluding ortho intramolecular Hbond substituents is 1. The quantitative estimate of drug-likeness (QED) is 0.311. The van der Waals surface area contributed by atoms with Crippen molar-refractivity contribution in [1.82, 2.24) is 15.6 Å². The van der Waals surface area contributed by atoms with E-state index in [0.29, 0.717) is 22.9 Å². The third kappa shape index (κ3) is 4.64. The lowest BCUT2D eigenvalue weighted by atomic mass is 10.0. The predicted molar refractivity (Wildman–Crippen MR) is 123 cm³/mol. The summed E-state index contributed by atoms with van der Waals surface area (Å²) in [6.45, 7) is 4.38. The Labute approximate surface area is 180 Å². The molecule has 0 atom stereocenters. The van der Waals surface area contributed by atoms with Crippen LogP contribution in [0.15, 0.2) is 71.8 Å². The molecule has 4 aromatic rings. The Morgan fingerprint density at radius 3 is 2.68 bits per heavy atom. The van der Waals surface area contributed by atoms with Crippen LogP contribution in [0.1, 0.15) is 35.5 Å². The molecule has 6 heteroatoms. The summed E-state index contributed by atoms with van der Waals surface area (Å²) < 4.78 is 0. The molecule has 1 heterocycles. The van der Waals surface area contributed by atoms with Gasteiger partial charge in [-0.3, -0.25) is 9.89 Å². The van der Waals surface area contributed by atoms with Crippen LogP contribution in [0.5, 0.6) is 5.75 Å². The number of phenols is 1. The number of aromatic hydroxyl groups is 1. The van der Waals surface area contributed by atoms with Gasteiger partial charge < -0.3 is 5.11 Å². The minimum atomic E-state index is -0.411. The molecule has 6 nitrogen and oxygen atoms in total. The normalized spacial score (nSPS) is 11.5. The molecular formula is C25H24N4O2. The number of carbonyl (C=O) groups excluding carboxylic acids is 1. The van der Waals surface area contributed by atoms with Gasteiger partial charge in [0.2, 0.25) is 0 Å². The molecule has 3 N–H and O–H groups in total. The van der Waals surface area contributed by atoms with Crippen LogP contribution < -0.4 is 5.43 Å². The van der Waals surface area contributed by atoms with Gasteiger partial charge in [0.15, 0.2) is 0 Å². The molecular weight excluding hydrogens is 388 g/mol. The van der Waals surface area contributed by atoms with E-state index in [2.05, 4.69) is 46.7 Å². The van der Waals surface area contributed by atoms with Crippen LogP contribution in [-0.4, -0.2) is 27.4 Å². The fourth-order valence-corrected chi connectivity index (χ4v) is 3.50. The second-order valence-corrected chi connectivity index (χ2v) is 7.88. The van der Waals surface area contributed by atoms with Gasteiger partial charge in [-0.1, -0.05) is 68.4 Å². The van der Waals surface area contributed by atoms with E-state index in [1.807, 2.05) is 42.5 Å². The number of carbonyl (C=O) groups is 1. The second kappa shape index (κ2) is 8.83. The highest BCUT2D eigenvalue weighted by molar-refractivity contribution is 6.03. The van der Waals surface area contributed by atoms with Crippen LogP contribution >= 0.6 is 0 Å². The maximum atomic E-state index is 12.4. The number of amides is 1. The number of hydrazone groups is 1. The Bertz CT molecular complexity index is 1240. The molecule has 3 aromatic carbocycles. The van der Waals surface area contributed by atoms with Crippen molar-refractivity contribution in [3.8, 4) is 17.0 Å². The molecule has 0 saturated heterocycles. The lowest BCUT2D eigenvalue weighted by Gasteiger charge is -2.05. The van der Waals surface area contributed by atoms with Crippen LogP contribution in [0.3, 0.4) is 0 Å². The average molecular weight is 412 g/mol. The number of nitrogens with zero attached hydrogens (tertiary/aromatic N) is 2. The van der Waals surface area contributed by atoms with Crippen molar-refractivity contribution in [2.24, 2.45) is 11.0 Å². The van der Waals surface area contributed by atoms with Gasteiger partial charge >= 0.3 is 0 Å². The first-order valence-electron chi connectivity index (χ1n) is 10.2. The molecule has 0 bridgehead atoms. The van der Waals surface area contributed by atoms with E-state index < -0.39 is 5.91 Å². The van der Waals surface area contributed by atoms with Crippen molar-refractivity contribution in [2.45, 2.75) is 20.3 Å². The Morgan fingerprint density at radius 1 is 1.13 bits per heavy atom. The standard InChI is InChI=1S/C25H24N4O2/c1-16(2)13-17-7-9-19(10-8-17)22-14-23(28-27-22)25(31)29-26-15-21-20-6-4-3-5-18(20)11-12-24(21)30/h3-12,14-16,30H,13H2,1-2H3,(H,27,28)(H,29,31)/b26-15-. The monoisotopic (exact) mass is 412 g/mol. The van der Waals surface area contributed by atoms with Gasteiger partial charge in [0.25, 0.3) is 5.91 Å². The van der Waals surface area contributed by atoms with Crippen LogP contribution in [0.2, 0.25) is 0 Å². The second-order valence-electron chi connectivity index (χ2n) is 7.88. The van der Waals surface area contributed by atoms with Crippen molar-refractivity contribution in [2.75, 3.05) is 0 Å². The summed E-state index contributed by atoms with van der Waals surface area (Å²) >= 11 is 0. The number of nitrogens with one attached hydrogen (secondary N) is 2. The lowest BCUT2D eigenvalue weighted by molar-refractivity contribution is 0.0950. The molecule has 156 valence electrons. The van der Waals surface area contributed by atoms with E-state index in [-0.39, 0.29) is 5.75 Å². The van der Waals surface area contributed by atoms with Crippen molar-refractivity contribution < 1.29 is 9.90 Å². The number of benzene rings is 3. The molecule has 0 aliphatic rings. The highest BCUT2D eigenvalue weighted by Crippen LogP contribution is 2.25. The zero-order chi connectivity index (χ0) is 21.8. The number of hydrogen-bond donors (Lipinski definition) is 3. The van der Waals surface area contributed by atoms with Crippen molar-refractivity contribution in [3.05, 3.63) is 83.6 Å². The Hall–Kier alpha value is -3.93. The van der Waals surface area contributed by atoms with E-state index in [0.717, 1.165) is 22.8 Å². The van der Waals surface area contributed by atoms with Crippen molar-refractivity contribution in [1.29, 1.82) is 0 Å². The van der Waals surface area contributed by atoms with Gasteiger partial charge in [0, 0.05) is 11.1 Å². The van der Waals surface area contributed by atoms with Crippen LogP contribution in [0, 0.1) is 5.92 Å². The molecule has 0 aliphatic heterocycles. The van der Waals surface area contributed by atoms with Gasteiger partial charge in [-0.15, -0.1) is 0 Å². The molecule has 0 spiro atoms. The summed E-state index contributed by atoms with van der Waals surface area (Å²) in [6.07, 6.45) is 2.47. The largest absolute Gasteiger partial charge is 0.507 e. The minimum absolute atomic E-state index is 0.0986. The fraction of sp³-hybridized carbons (Fsp3) is 0.160. The molecule has 1 aromatic heterocycles. The zero-order valence-electron chi connectivity index (χ0n) is 17.5. The lowest BCUT2D eigenvalue weighted by Crippen LogP contribution is -2.18. The first-order valence-corrected chi connectivity index (χ1v) is 10.2. The molecule has 31 heavy (non-hydrogen) atoms. The number of H-pyrrole nitrogens is 1. The molecule has 0 aliphatic carbocycles. The SMILES string of the molecule is CC(C)Cc1ccc(-c2cc(C(=O)N/N=C\c3c(O)ccc4ccccc34)[nH]n2)cc1.